The summed E-state index contributed by atoms with van der Waals surface area (Å²) >= 11 is 0. The number of methoxy groups -OCH3 is 1. The van der Waals surface area contributed by atoms with Gasteiger partial charge < -0.3 is 23.7 Å². The van der Waals surface area contributed by atoms with Gasteiger partial charge in [-0.25, -0.2) is 0 Å². The molecule has 3 rings (SSSR count). The van der Waals surface area contributed by atoms with E-state index in [1.807, 2.05) is 60.7 Å². The molecular formula is C22H26O6. The average molecular weight is 386 g/mol. The van der Waals surface area contributed by atoms with E-state index < -0.39 is 30.6 Å². The molecule has 0 amide bonds. The summed E-state index contributed by atoms with van der Waals surface area (Å²) in [5, 5.41) is 0. The van der Waals surface area contributed by atoms with Crippen molar-refractivity contribution in [3.63, 3.8) is 0 Å². The van der Waals surface area contributed by atoms with Crippen molar-refractivity contribution in [2.45, 2.75) is 44.7 Å². The summed E-state index contributed by atoms with van der Waals surface area (Å²) in [6.45, 7) is 2.35. The summed E-state index contributed by atoms with van der Waals surface area (Å²) in [7, 11) is 1.54. The third kappa shape index (κ3) is 5.62. The lowest BCUT2D eigenvalue weighted by atomic mass is 10.0. The van der Waals surface area contributed by atoms with Crippen LogP contribution in [0.1, 0.15) is 18.1 Å². The van der Waals surface area contributed by atoms with Gasteiger partial charge in [-0.15, -0.1) is 0 Å². The smallest absolute Gasteiger partial charge is 0.303 e. The van der Waals surface area contributed by atoms with Crippen molar-refractivity contribution in [3.05, 3.63) is 71.8 Å². The molecule has 2 unspecified atom stereocenters. The third-order valence-electron chi connectivity index (χ3n) is 4.51. The van der Waals surface area contributed by atoms with E-state index >= 15 is 0 Å². The van der Waals surface area contributed by atoms with Gasteiger partial charge in [0.2, 0.25) is 0 Å². The number of carbonyl (C=O) groups is 1. The molecule has 0 N–H and O–H groups in total. The average Bonchev–Trinajstić information content (AvgIpc) is 2.72. The zero-order chi connectivity index (χ0) is 19.8. The fourth-order valence-electron chi connectivity index (χ4n) is 3.14. The van der Waals surface area contributed by atoms with Crippen molar-refractivity contribution in [2.75, 3.05) is 13.7 Å². The first-order chi connectivity index (χ1) is 13.7. The summed E-state index contributed by atoms with van der Waals surface area (Å²) in [6.07, 6.45) is -2.35. The Labute approximate surface area is 165 Å². The molecule has 28 heavy (non-hydrogen) atoms. The molecule has 1 heterocycles. The Bertz CT molecular complexity index is 720. The van der Waals surface area contributed by atoms with Gasteiger partial charge in [-0.1, -0.05) is 60.7 Å². The second-order valence-corrected chi connectivity index (χ2v) is 6.61. The Morgan fingerprint density at radius 1 is 0.929 bits per heavy atom. The van der Waals surface area contributed by atoms with Crippen LogP contribution in [0, 0.1) is 0 Å². The van der Waals surface area contributed by atoms with Crippen LogP contribution in [0.3, 0.4) is 0 Å². The minimum absolute atomic E-state index is 0.245. The van der Waals surface area contributed by atoms with Crippen LogP contribution in [0.5, 0.6) is 0 Å². The van der Waals surface area contributed by atoms with Crippen LogP contribution < -0.4 is 0 Å². The molecule has 0 aliphatic carbocycles. The minimum atomic E-state index is -0.648. The first kappa shape index (κ1) is 20.5. The van der Waals surface area contributed by atoms with E-state index in [4.69, 9.17) is 23.7 Å². The third-order valence-corrected chi connectivity index (χ3v) is 4.51. The quantitative estimate of drug-likeness (QED) is 0.650. The van der Waals surface area contributed by atoms with Gasteiger partial charge in [-0.3, -0.25) is 4.79 Å². The summed E-state index contributed by atoms with van der Waals surface area (Å²) in [5.41, 5.74) is 2.03. The molecule has 2 aromatic rings. The molecule has 1 aliphatic heterocycles. The van der Waals surface area contributed by atoms with Crippen LogP contribution in [0.15, 0.2) is 60.7 Å². The molecule has 1 aliphatic rings. The van der Waals surface area contributed by atoms with Gasteiger partial charge in [0.25, 0.3) is 0 Å². The van der Waals surface area contributed by atoms with Crippen molar-refractivity contribution in [1.82, 2.24) is 0 Å². The Morgan fingerprint density at radius 3 is 2.04 bits per heavy atom. The highest BCUT2D eigenvalue weighted by Gasteiger charge is 2.44. The zero-order valence-electron chi connectivity index (χ0n) is 16.2. The number of hydrogen-bond acceptors (Lipinski definition) is 6. The Morgan fingerprint density at radius 2 is 1.50 bits per heavy atom. The van der Waals surface area contributed by atoms with Gasteiger partial charge in [0, 0.05) is 14.0 Å². The Hall–Kier alpha value is -2.25. The van der Waals surface area contributed by atoms with Crippen LogP contribution in [0.4, 0.5) is 0 Å². The standard InChI is InChI=1S/C22H26O6/c1-16(23)28-20-19(25-13-17-9-5-3-6-10-17)15-27-22(24-2)21(20)26-14-18-11-7-4-8-12-18/h3-12,19-22H,13-15H2,1-2H3/t19-,20?,21?,22-/m1/s1. The second-order valence-electron chi connectivity index (χ2n) is 6.61. The highest BCUT2D eigenvalue weighted by Crippen LogP contribution is 2.26. The van der Waals surface area contributed by atoms with Gasteiger partial charge >= 0.3 is 5.97 Å². The lowest BCUT2D eigenvalue weighted by Crippen LogP contribution is -2.57. The Balaban J connectivity index is 1.71. The highest BCUT2D eigenvalue weighted by atomic mass is 16.7. The number of carbonyl (C=O) groups excluding carboxylic acids is 1. The zero-order valence-corrected chi connectivity index (χ0v) is 16.2. The van der Waals surface area contributed by atoms with Gasteiger partial charge in [0.05, 0.1) is 19.8 Å². The molecule has 0 radical (unpaired) electrons. The van der Waals surface area contributed by atoms with Crippen molar-refractivity contribution in [3.8, 4) is 0 Å². The van der Waals surface area contributed by atoms with Crippen molar-refractivity contribution in [2.24, 2.45) is 0 Å². The topological polar surface area (TPSA) is 63.2 Å². The number of hydrogen-bond donors (Lipinski definition) is 0. The molecule has 4 atom stereocenters. The summed E-state index contributed by atoms with van der Waals surface area (Å²) in [4.78, 5) is 11.7. The van der Waals surface area contributed by atoms with Crippen LogP contribution in [0.2, 0.25) is 0 Å². The van der Waals surface area contributed by atoms with E-state index in [-0.39, 0.29) is 6.61 Å². The van der Waals surface area contributed by atoms with Gasteiger partial charge in [0.1, 0.15) is 12.2 Å². The largest absolute Gasteiger partial charge is 0.457 e. The maximum Gasteiger partial charge on any atom is 0.303 e. The lowest BCUT2D eigenvalue weighted by molar-refractivity contribution is -0.287. The van der Waals surface area contributed by atoms with E-state index in [9.17, 15) is 4.79 Å². The Kier molecular flexibility index (Phi) is 7.56. The molecule has 0 aromatic heterocycles. The normalized spacial score (nSPS) is 24.6. The summed E-state index contributed by atoms with van der Waals surface area (Å²) in [6, 6.07) is 19.6. The van der Waals surface area contributed by atoms with Crippen molar-refractivity contribution < 1.29 is 28.5 Å². The van der Waals surface area contributed by atoms with Gasteiger partial charge in [-0.2, -0.15) is 0 Å². The maximum absolute atomic E-state index is 11.7. The fourth-order valence-corrected chi connectivity index (χ4v) is 3.14. The van der Waals surface area contributed by atoms with Gasteiger partial charge in [-0.05, 0) is 11.1 Å². The fraction of sp³-hybridized carbons (Fsp3) is 0.409. The second kappa shape index (κ2) is 10.3. The van der Waals surface area contributed by atoms with Crippen LogP contribution in [-0.2, 0) is 41.7 Å². The van der Waals surface area contributed by atoms with E-state index in [0.717, 1.165) is 11.1 Å². The molecular weight excluding hydrogens is 360 g/mol. The number of rotatable bonds is 8. The highest BCUT2D eigenvalue weighted by molar-refractivity contribution is 5.66. The monoisotopic (exact) mass is 386 g/mol. The minimum Gasteiger partial charge on any atom is -0.457 e. The van der Waals surface area contributed by atoms with Crippen LogP contribution in [-0.4, -0.2) is 44.3 Å². The number of ether oxygens (including phenoxy) is 5. The van der Waals surface area contributed by atoms with Crippen LogP contribution >= 0.6 is 0 Å². The number of benzene rings is 2. The number of esters is 1. The van der Waals surface area contributed by atoms with E-state index in [1.54, 1.807) is 7.11 Å². The molecule has 0 spiro atoms. The van der Waals surface area contributed by atoms with E-state index in [2.05, 4.69) is 0 Å². The van der Waals surface area contributed by atoms with Crippen molar-refractivity contribution >= 4 is 5.97 Å². The SMILES string of the molecule is CO[C@@H]1OC[C@@H](OCc2ccccc2)C(OC(C)=O)C1OCc1ccccc1. The summed E-state index contributed by atoms with van der Waals surface area (Å²) < 4.78 is 28.9. The molecule has 6 heteroatoms. The van der Waals surface area contributed by atoms with Gasteiger partial charge in [0.15, 0.2) is 12.4 Å². The first-order valence-electron chi connectivity index (χ1n) is 9.30. The molecule has 6 nitrogen and oxygen atoms in total. The predicted octanol–water partition coefficient (Wildman–Crippen LogP) is 3.09. The lowest BCUT2D eigenvalue weighted by Gasteiger charge is -2.40. The first-order valence-corrected chi connectivity index (χ1v) is 9.30. The van der Waals surface area contributed by atoms with E-state index in [1.165, 1.54) is 6.92 Å². The molecule has 1 saturated heterocycles. The molecule has 2 aromatic carbocycles. The maximum atomic E-state index is 11.7. The van der Waals surface area contributed by atoms with E-state index in [0.29, 0.717) is 13.2 Å². The molecule has 0 bridgehead atoms. The molecule has 1 fully saturated rings. The predicted molar refractivity (Wildman–Crippen MR) is 102 cm³/mol. The molecule has 0 saturated carbocycles. The molecule has 150 valence electrons. The summed E-state index contributed by atoms with van der Waals surface area (Å²) in [5.74, 6) is -0.400. The van der Waals surface area contributed by atoms with Crippen LogP contribution in [0.25, 0.3) is 0 Å². The van der Waals surface area contributed by atoms with Crippen molar-refractivity contribution in [1.29, 1.82) is 0 Å².